The van der Waals surface area contributed by atoms with Gasteiger partial charge in [0.2, 0.25) is 0 Å². The first-order valence-corrected chi connectivity index (χ1v) is 6.03. The van der Waals surface area contributed by atoms with Crippen molar-refractivity contribution in [3.8, 4) is 0 Å². The molecule has 1 aromatic heterocycles. The van der Waals surface area contributed by atoms with Crippen LogP contribution in [0.25, 0.3) is 0 Å². The Morgan fingerprint density at radius 2 is 2.64 bits per heavy atom. The van der Waals surface area contributed by atoms with Gasteiger partial charge in [0.15, 0.2) is 0 Å². The second kappa shape index (κ2) is 4.87. The van der Waals surface area contributed by atoms with Crippen LogP contribution in [-0.2, 0) is 6.54 Å². The first-order chi connectivity index (χ1) is 6.88. The molecule has 1 saturated heterocycles. The van der Waals surface area contributed by atoms with Gasteiger partial charge < -0.3 is 5.32 Å². The van der Waals surface area contributed by atoms with E-state index in [4.69, 9.17) is 0 Å². The maximum absolute atomic E-state index is 4.10. The molecule has 0 bridgehead atoms. The first kappa shape index (κ1) is 10.1. The molecule has 1 aliphatic heterocycles. The minimum atomic E-state index is 0.677. The number of piperidine rings is 1. The summed E-state index contributed by atoms with van der Waals surface area (Å²) in [5.41, 5.74) is 1.91. The van der Waals surface area contributed by atoms with Crippen LogP contribution in [0.4, 0.5) is 0 Å². The van der Waals surface area contributed by atoms with Gasteiger partial charge in [0.1, 0.15) is 0 Å². The van der Waals surface area contributed by atoms with E-state index >= 15 is 0 Å². The average Bonchev–Trinajstić information content (AvgIpc) is 2.71. The molecule has 1 N–H and O–H groups in total. The van der Waals surface area contributed by atoms with Crippen molar-refractivity contribution in [2.45, 2.75) is 25.4 Å². The third kappa shape index (κ3) is 2.53. The summed E-state index contributed by atoms with van der Waals surface area (Å²) in [5.74, 6) is 0. The highest BCUT2D eigenvalue weighted by Crippen LogP contribution is 2.15. The van der Waals surface area contributed by atoms with Gasteiger partial charge in [-0.15, -0.1) is 11.3 Å². The van der Waals surface area contributed by atoms with Gasteiger partial charge in [0.25, 0.3) is 0 Å². The molecule has 0 spiro atoms. The van der Waals surface area contributed by atoms with E-state index in [1.807, 2.05) is 11.7 Å². The van der Waals surface area contributed by atoms with Crippen molar-refractivity contribution in [1.82, 2.24) is 15.2 Å². The van der Waals surface area contributed by atoms with E-state index in [1.165, 1.54) is 30.8 Å². The predicted molar refractivity (Wildman–Crippen MR) is 59.5 cm³/mol. The van der Waals surface area contributed by atoms with Crippen LogP contribution in [-0.4, -0.2) is 36.1 Å². The monoisotopic (exact) mass is 211 g/mol. The highest BCUT2D eigenvalue weighted by atomic mass is 32.1. The lowest BCUT2D eigenvalue weighted by Gasteiger charge is -2.31. The van der Waals surface area contributed by atoms with Crippen molar-refractivity contribution in [2.24, 2.45) is 0 Å². The summed E-state index contributed by atoms with van der Waals surface area (Å²) in [5, 5.41) is 3.36. The quantitative estimate of drug-likeness (QED) is 0.817. The fourth-order valence-corrected chi connectivity index (χ4v) is 2.61. The number of likely N-dealkylation sites (tertiary alicyclic amines) is 1. The van der Waals surface area contributed by atoms with Gasteiger partial charge in [-0.25, -0.2) is 0 Å². The Balaban J connectivity index is 1.86. The lowest BCUT2D eigenvalue weighted by molar-refractivity contribution is 0.189. The zero-order chi connectivity index (χ0) is 9.80. The Morgan fingerprint density at radius 1 is 1.71 bits per heavy atom. The number of aromatic nitrogens is 1. The van der Waals surface area contributed by atoms with E-state index in [2.05, 4.69) is 22.2 Å². The van der Waals surface area contributed by atoms with Crippen LogP contribution in [0.15, 0.2) is 11.7 Å². The summed E-state index contributed by atoms with van der Waals surface area (Å²) >= 11 is 1.75. The molecule has 78 valence electrons. The number of nitrogens with zero attached hydrogens (tertiary/aromatic N) is 2. The highest BCUT2D eigenvalue weighted by Gasteiger charge is 2.18. The molecule has 0 aliphatic carbocycles. The van der Waals surface area contributed by atoms with Gasteiger partial charge in [0.05, 0.1) is 5.51 Å². The van der Waals surface area contributed by atoms with Crippen LogP contribution < -0.4 is 5.32 Å². The Labute approximate surface area is 89.1 Å². The molecule has 1 atom stereocenters. The van der Waals surface area contributed by atoms with Crippen LogP contribution >= 0.6 is 11.3 Å². The molecule has 1 aliphatic rings. The predicted octanol–water partition coefficient (Wildman–Crippen LogP) is 1.33. The van der Waals surface area contributed by atoms with Gasteiger partial charge in [0, 0.05) is 30.2 Å². The summed E-state index contributed by atoms with van der Waals surface area (Å²) in [6.45, 7) is 3.48. The normalized spacial score (nSPS) is 23.9. The molecule has 0 radical (unpaired) electrons. The topological polar surface area (TPSA) is 28.2 Å². The molecule has 0 aromatic carbocycles. The molecular weight excluding hydrogens is 194 g/mol. The van der Waals surface area contributed by atoms with E-state index in [0.717, 1.165) is 6.54 Å². The van der Waals surface area contributed by atoms with Crippen molar-refractivity contribution in [1.29, 1.82) is 0 Å². The molecule has 14 heavy (non-hydrogen) atoms. The molecule has 0 amide bonds. The maximum Gasteiger partial charge on any atom is 0.0794 e. The van der Waals surface area contributed by atoms with Crippen molar-refractivity contribution in [3.05, 3.63) is 16.6 Å². The van der Waals surface area contributed by atoms with Gasteiger partial charge >= 0.3 is 0 Å². The fourth-order valence-electron chi connectivity index (χ4n) is 1.98. The van der Waals surface area contributed by atoms with Gasteiger partial charge in [-0.3, -0.25) is 9.88 Å². The van der Waals surface area contributed by atoms with E-state index < -0.39 is 0 Å². The van der Waals surface area contributed by atoms with Crippen LogP contribution in [0.1, 0.15) is 17.7 Å². The standard InChI is InChI=1S/C10H17N3S/c1-11-9-3-2-4-13(6-9)7-10-5-12-8-14-10/h5,8-9,11H,2-4,6-7H2,1H3. The number of rotatable bonds is 3. The van der Waals surface area contributed by atoms with Crippen molar-refractivity contribution >= 4 is 11.3 Å². The molecule has 4 heteroatoms. The summed E-state index contributed by atoms with van der Waals surface area (Å²) in [7, 11) is 2.06. The lowest BCUT2D eigenvalue weighted by Crippen LogP contribution is -2.43. The molecule has 2 rings (SSSR count). The zero-order valence-corrected chi connectivity index (χ0v) is 9.39. The molecule has 2 heterocycles. The Bertz CT molecular complexity index is 260. The Morgan fingerprint density at radius 3 is 3.36 bits per heavy atom. The van der Waals surface area contributed by atoms with E-state index in [0.29, 0.717) is 6.04 Å². The SMILES string of the molecule is CNC1CCCN(Cc2cncs2)C1. The minimum absolute atomic E-state index is 0.677. The molecular formula is C10H17N3S. The minimum Gasteiger partial charge on any atom is -0.316 e. The molecule has 1 fully saturated rings. The van der Waals surface area contributed by atoms with Crippen LogP contribution in [0.3, 0.4) is 0 Å². The van der Waals surface area contributed by atoms with Gasteiger partial charge in [-0.2, -0.15) is 0 Å². The Kier molecular flexibility index (Phi) is 3.50. The lowest BCUT2D eigenvalue weighted by atomic mass is 10.1. The largest absolute Gasteiger partial charge is 0.316 e. The van der Waals surface area contributed by atoms with Crippen molar-refractivity contribution < 1.29 is 0 Å². The van der Waals surface area contributed by atoms with Gasteiger partial charge in [-0.05, 0) is 26.4 Å². The van der Waals surface area contributed by atoms with E-state index in [-0.39, 0.29) is 0 Å². The maximum atomic E-state index is 4.10. The van der Waals surface area contributed by atoms with Crippen LogP contribution in [0.5, 0.6) is 0 Å². The number of thiazole rings is 1. The Hall–Kier alpha value is -0.450. The van der Waals surface area contributed by atoms with Crippen molar-refractivity contribution in [3.63, 3.8) is 0 Å². The van der Waals surface area contributed by atoms with Crippen molar-refractivity contribution in [2.75, 3.05) is 20.1 Å². The zero-order valence-electron chi connectivity index (χ0n) is 8.57. The summed E-state index contributed by atoms with van der Waals surface area (Å²) in [6.07, 6.45) is 4.60. The third-order valence-electron chi connectivity index (χ3n) is 2.78. The van der Waals surface area contributed by atoms with Crippen LogP contribution in [0, 0.1) is 0 Å². The number of likely N-dealkylation sites (N-methyl/N-ethyl adjacent to an activating group) is 1. The summed E-state index contributed by atoms with van der Waals surface area (Å²) < 4.78 is 0. The van der Waals surface area contributed by atoms with Crippen LogP contribution in [0.2, 0.25) is 0 Å². The van der Waals surface area contributed by atoms with E-state index in [1.54, 1.807) is 11.3 Å². The smallest absolute Gasteiger partial charge is 0.0794 e. The second-order valence-corrected chi connectivity index (χ2v) is 4.80. The number of hydrogen-bond donors (Lipinski definition) is 1. The first-order valence-electron chi connectivity index (χ1n) is 5.15. The fraction of sp³-hybridized carbons (Fsp3) is 0.700. The van der Waals surface area contributed by atoms with E-state index in [9.17, 15) is 0 Å². The number of nitrogens with one attached hydrogen (secondary N) is 1. The third-order valence-corrected chi connectivity index (χ3v) is 3.54. The molecule has 1 unspecified atom stereocenters. The average molecular weight is 211 g/mol. The van der Waals surface area contributed by atoms with Gasteiger partial charge in [-0.1, -0.05) is 0 Å². The molecule has 0 saturated carbocycles. The second-order valence-electron chi connectivity index (χ2n) is 3.83. The summed E-state index contributed by atoms with van der Waals surface area (Å²) in [6, 6.07) is 0.677. The molecule has 3 nitrogen and oxygen atoms in total. The molecule has 1 aromatic rings. The number of hydrogen-bond acceptors (Lipinski definition) is 4. The summed E-state index contributed by atoms with van der Waals surface area (Å²) in [4.78, 5) is 7.99. The highest BCUT2D eigenvalue weighted by molar-refractivity contribution is 7.09.